The number of carbonyl (C=O) groups is 1. The summed E-state index contributed by atoms with van der Waals surface area (Å²) in [5.74, 6) is -0.947. The Balaban J connectivity index is 2.26. The number of carbonyl (C=O) groups excluding carboxylic acids is 1. The lowest BCUT2D eigenvalue weighted by molar-refractivity contribution is 0.0601. The molecule has 0 saturated heterocycles. The van der Waals surface area contributed by atoms with Crippen LogP contribution in [-0.4, -0.2) is 17.6 Å². The molecule has 3 rings (SSSR count). The molecule has 106 valence electrons. The number of nitrogens with zero attached hydrogens (tertiary/aromatic N) is 1. The third-order valence-electron chi connectivity index (χ3n) is 3.29. The molecule has 3 aromatic rings. The van der Waals surface area contributed by atoms with Crippen LogP contribution in [0.5, 0.6) is 0 Å². The van der Waals surface area contributed by atoms with Gasteiger partial charge in [0.15, 0.2) is 5.58 Å². The van der Waals surface area contributed by atoms with E-state index in [2.05, 4.69) is 0 Å². The van der Waals surface area contributed by atoms with Crippen molar-refractivity contribution in [2.75, 3.05) is 7.11 Å². The van der Waals surface area contributed by atoms with Gasteiger partial charge in [0.1, 0.15) is 0 Å². The maximum Gasteiger partial charge on any atom is 0.424 e. The van der Waals surface area contributed by atoms with Crippen molar-refractivity contribution in [3.8, 4) is 5.69 Å². The first-order valence-electron chi connectivity index (χ1n) is 6.41. The summed E-state index contributed by atoms with van der Waals surface area (Å²) in [6.07, 6.45) is 0. The van der Waals surface area contributed by atoms with E-state index in [0.29, 0.717) is 22.4 Å². The number of methoxy groups -OCH3 is 1. The third kappa shape index (κ3) is 2.23. The van der Waals surface area contributed by atoms with E-state index < -0.39 is 11.7 Å². The molecule has 2 aromatic carbocycles. The van der Waals surface area contributed by atoms with Crippen molar-refractivity contribution < 1.29 is 13.9 Å². The van der Waals surface area contributed by atoms with Crippen LogP contribution in [0.4, 0.5) is 0 Å². The summed E-state index contributed by atoms with van der Waals surface area (Å²) in [5, 5.41) is 0. The van der Waals surface area contributed by atoms with Crippen LogP contribution in [0, 0.1) is 6.92 Å². The van der Waals surface area contributed by atoms with Crippen molar-refractivity contribution in [2.45, 2.75) is 6.92 Å². The van der Waals surface area contributed by atoms with Gasteiger partial charge in [0, 0.05) is 0 Å². The summed E-state index contributed by atoms with van der Waals surface area (Å²) in [6.45, 7) is 1.97. The van der Waals surface area contributed by atoms with E-state index in [1.54, 1.807) is 18.2 Å². The van der Waals surface area contributed by atoms with Gasteiger partial charge in [-0.3, -0.25) is 0 Å². The fraction of sp³-hybridized carbons (Fsp3) is 0.125. The van der Waals surface area contributed by atoms with Crippen LogP contribution in [0.3, 0.4) is 0 Å². The largest absolute Gasteiger partial charge is 0.465 e. The number of esters is 1. The van der Waals surface area contributed by atoms with Gasteiger partial charge in [0.25, 0.3) is 0 Å². The molecule has 5 nitrogen and oxygen atoms in total. The van der Waals surface area contributed by atoms with Crippen LogP contribution < -0.4 is 5.76 Å². The molecule has 21 heavy (non-hydrogen) atoms. The first-order chi connectivity index (χ1) is 10.1. The van der Waals surface area contributed by atoms with Crippen molar-refractivity contribution in [2.24, 2.45) is 0 Å². The smallest absolute Gasteiger partial charge is 0.424 e. The van der Waals surface area contributed by atoms with Crippen molar-refractivity contribution in [1.82, 2.24) is 4.57 Å². The normalized spacial score (nSPS) is 10.8. The Morgan fingerprint density at radius 3 is 2.52 bits per heavy atom. The lowest BCUT2D eigenvalue weighted by atomic mass is 10.2. The third-order valence-corrected chi connectivity index (χ3v) is 3.29. The van der Waals surface area contributed by atoms with Crippen LogP contribution >= 0.6 is 0 Å². The molecule has 0 aliphatic heterocycles. The Morgan fingerprint density at radius 2 is 1.86 bits per heavy atom. The first-order valence-corrected chi connectivity index (χ1v) is 6.41. The van der Waals surface area contributed by atoms with E-state index in [-0.39, 0.29) is 0 Å². The topological polar surface area (TPSA) is 61.4 Å². The Hall–Kier alpha value is -2.82. The molecule has 0 atom stereocenters. The fourth-order valence-corrected chi connectivity index (χ4v) is 2.20. The van der Waals surface area contributed by atoms with Crippen molar-refractivity contribution in [3.05, 3.63) is 64.1 Å². The summed E-state index contributed by atoms with van der Waals surface area (Å²) < 4.78 is 11.3. The zero-order valence-electron chi connectivity index (χ0n) is 11.6. The number of aromatic nitrogens is 1. The number of benzene rings is 2. The van der Waals surface area contributed by atoms with Gasteiger partial charge in [0.05, 0.1) is 23.9 Å². The number of ether oxygens (including phenoxy) is 1. The lowest BCUT2D eigenvalue weighted by Crippen LogP contribution is -2.11. The molecule has 0 spiro atoms. The van der Waals surface area contributed by atoms with Gasteiger partial charge < -0.3 is 9.15 Å². The maximum atomic E-state index is 12.1. The summed E-state index contributed by atoms with van der Waals surface area (Å²) in [6, 6.07) is 12.2. The monoisotopic (exact) mass is 283 g/mol. The molecule has 5 heteroatoms. The zero-order chi connectivity index (χ0) is 15.0. The fourth-order valence-electron chi connectivity index (χ4n) is 2.20. The molecule has 1 aromatic heterocycles. The first kappa shape index (κ1) is 13.2. The van der Waals surface area contributed by atoms with Crippen molar-refractivity contribution >= 4 is 17.1 Å². The number of oxazole rings is 1. The Labute approximate surface area is 120 Å². The summed E-state index contributed by atoms with van der Waals surface area (Å²) in [4.78, 5) is 23.7. The predicted octanol–water partition coefficient (Wildman–Crippen LogP) is 2.68. The molecule has 0 unspecified atom stereocenters. The number of aryl methyl sites for hydroxylation is 1. The number of rotatable bonds is 2. The molecule has 0 radical (unpaired) electrons. The standard InChI is InChI=1S/C16H13NO4/c1-10-3-6-12(7-4-10)17-13-9-11(15(18)20-2)5-8-14(13)21-16(17)19/h3-9H,1-2H3. The number of fused-ring (bicyclic) bond motifs is 1. The quantitative estimate of drug-likeness (QED) is 0.678. The van der Waals surface area contributed by atoms with E-state index in [0.717, 1.165) is 5.56 Å². The second-order valence-electron chi connectivity index (χ2n) is 4.71. The predicted molar refractivity (Wildman–Crippen MR) is 77.9 cm³/mol. The molecular formula is C16H13NO4. The summed E-state index contributed by atoms with van der Waals surface area (Å²) in [7, 11) is 1.31. The second-order valence-corrected chi connectivity index (χ2v) is 4.71. The van der Waals surface area contributed by atoms with E-state index in [4.69, 9.17) is 9.15 Å². The van der Waals surface area contributed by atoms with Gasteiger partial charge in [0.2, 0.25) is 0 Å². The molecule has 0 saturated carbocycles. The van der Waals surface area contributed by atoms with Crippen LogP contribution in [0.2, 0.25) is 0 Å². The van der Waals surface area contributed by atoms with Crippen molar-refractivity contribution in [1.29, 1.82) is 0 Å². The summed E-state index contributed by atoms with van der Waals surface area (Å²) >= 11 is 0. The minimum Gasteiger partial charge on any atom is -0.465 e. The van der Waals surface area contributed by atoms with E-state index in [1.165, 1.54) is 11.7 Å². The molecule has 0 aliphatic rings. The van der Waals surface area contributed by atoms with Crippen LogP contribution in [0.25, 0.3) is 16.8 Å². The maximum absolute atomic E-state index is 12.1. The SMILES string of the molecule is COC(=O)c1ccc2oc(=O)n(-c3ccc(C)cc3)c2c1. The molecule has 1 heterocycles. The van der Waals surface area contributed by atoms with Crippen LogP contribution in [-0.2, 0) is 4.74 Å². The van der Waals surface area contributed by atoms with Gasteiger partial charge in [-0.1, -0.05) is 17.7 Å². The van der Waals surface area contributed by atoms with Gasteiger partial charge in [-0.2, -0.15) is 0 Å². The van der Waals surface area contributed by atoms with Gasteiger partial charge in [-0.05, 0) is 37.3 Å². The van der Waals surface area contributed by atoms with Crippen LogP contribution in [0.15, 0.2) is 51.7 Å². The molecule has 0 N–H and O–H groups in total. The van der Waals surface area contributed by atoms with Gasteiger partial charge >= 0.3 is 11.7 Å². The molecule has 0 aliphatic carbocycles. The van der Waals surface area contributed by atoms with Crippen LogP contribution in [0.1, 0.15) is 15.9 Å². The molecule has 0 amide bonds. The molecular weight excluding hydrogens is 270 g/mol. The second kappa shape index (κ2) is 4.94. The Bertz CT molecular complexity index is 871. The highest BCUT2D eigenvalue weighted by atomic mass is 16.5. The Morgan fingerprint density at radius 1 is 1.14 bits per heavy atom. The minimum absolute atomic E-state index is 0.367. The average Bonchev–Trinajstić information content (AvgIpc) is 2.82. The van der Waals surface area contributed by atoms with Gasteiger partial charge in [-0.15, -0.1) is 0 Å². The van der Waals surface area contributed by atoms with Gasteiger partial charge in [-0.25, -0.2) is 14.2 Å². The summed E-state index contributed by atoms with van der Waals surface area (Å²) in [5.41, 5.74) is 3.10. The average molecular weight is 283 g/mol. The minimum atomic E-state index is -0.490. The molecule has 0 bridgehead atoms. The van der Waals surface area contributed by atoms with E-state index in [1.807, 2.05) is 31.2 Å². The highest BCUT2D eigenvalue weighted by Gasteiger charge is 2.14. The van der Waals surface area contributed by atoms with E-state index >= 15 is 0 Å². The Kier molecular flexibility index (Phi) is 3.10. The van der Waals surface area contributed by atoms with Crippen molar-refractivity contribution in [3.63, 3.8) is 0 Å². The lowest BCUT2D eigenvalue weighted by Gasteiger charge is -2.04. The highest BCUT2D eigenvalue weighted by molar-refractivity contribution is 5.93. The number of hydrogen-bond donors (Lipinski definition) is 0. The number of hydrogen-bond acceptors (Lipinski definition) is 4. The molecule has 0 fully saturated rings. The van der Waals surface area contributed by atoms with E-state index in [9.17, 15) is 9.59 Å². The zero-order valence-corrected chi connectivity index (χ0v) is 11.6. The highest BCUT2D eigenvalue weighted by Crippen LogP contribution is 2.19.